The van der Waals surface area contributed by atoms with Gasteiger partial charge in [-0.1, -0.05) is 36.8 Å². The smallest absolute Gasteiger partial charge is 0.243 e. The lowest BCUT2D eigenvalue weighted by Gasteiger charge is -2.24. The largest absolute Gasteiger partial charge is 0.245 e. The lowest BCUT2D eigenvalue weighted by molar-refractivity contribution is 0.611. The molecule has 4 nitrogen and oxygen atoms in total. The summed E-state index contributed by atoms with van der Waals surface area (Å²) in [6.07, 6.45) is 4.67. The zero-order valence-electron chi connectivity index (χ0n) is 13.2. The van der Waals surface area contributed by atoms with Crippen molar-refractivity contribution in [3.8, 4) is 0 Å². The van der Waals surface area contributed by atoms with Gasteiger partial charge in [0, 0.05) is 23.0 Å². The van der Waals surface area contributed by atoms with Crippen LogP contribution in [0.2, 0.25) is 0 Å². The van der Waals surface area contributed by atoms with Crippen LogP contribution < -0.4 is 5.43 Å². The zero-order valence-corrected chi connectivity index (χ0v) is 13.2. The SMILES string of the molecule is Cc1cc(C)nc(NN=C2CCCC[C@@H]2c2ccccc2)n1. The molecule has 1 aromatic carbocycles. The van der Waals surface area contributed by atoms with E-state index in [2.05, 4.69) is 50.8 Å². The van der Waals surface area contributed by atoms with E-state index in [1.54, 1.807) is 0 Å². The van der Waals surface area contributed by atoms with Gasteiger partial charge in [-0.15, -0.1) is 0 Å². The van der Waals surface area contributed by atoms with Crippen LogP contribution in [0.15, 0.2) is 41.5 Å². The van der Waals surface area contributed by atoms with Crippen molar-refractivity contribution in [3.05, 3.63) is 53.3 Å². The van der Waals surface area contributed by atoms with Crippen molar-refractivity contribution in [2.45, 2.75) is 45.4 Å². The Bertz CT molecular complexity index is 644. The van der Waals surface area contributed by atoms with E-state index < -0.39 is 0 Å². The molecule has 1 aliphatic rings. The molecule has 0 aliphatic heterocycles. The molecular weight excluding hydrogens is 272 g/mol. The molecule has 4 heteroatoms. The third-order valence-corrected chi connectivity index (χ3v) is 4.06. The van der Waals surface area contributed by atoms with Crippen LogP contribution in [0.1, 0.15) is 48.6 Å². The van der Waals surface area contributed by atoms with Crippen molar-refractivity contribution >= 4 is 11.7 Å². The van der Waals surface area contributed by atoms with E-state index in [1.807, 2.05) is 19.9 Å². The minimum Gasteiger partial charge on any atom is -0.245 e. The average molecular weight is 294 g/mol. The molecule has 114 valence electrons. The number of nitrogens with zero attached hydrogens (tertiary/aromatic N) is 3. The summed E-state index contributed by atoms with van der Waals surface area (Å²) in [6.45, 7) is 3.95. The van der Waals surface area contributed by atoms with Crippen LogP contribution in [0.4, 0.5) is 5.95 Å². The first-order valence-corrected chi connectivity index (χ1v) is 7.92. The molecule has 1 saturated carbocycles. The van der Waals surface area contributed by atoms with Crippen LogP contribution >= 0.6 is 0 Å². The number of aromatic nitrogens is 2. The molecule has 0 saturated heterocycles. The van der Waals surface area contributed by atoms with Crippen LogP contribution in [0, 0.1) is 13.8 Å². The van der Waals surface area contributed by atoms with Gasteiger partial charge in [0.2, 0.25) is 5.95 Å². The second-order valence-electron chi connectivity index (χ2n) is 5.90. The number of hydrazone groups is 1. The van der Waals surface area contributed by atoms with Crippen molar-refractivity contribution in [1.82, 2.24) is 9.97 Å². The molecule has 0 bridgehead atoms. The molecule has 1 aliphatic carbocycles. The van der Waals surface area contributed by atoms with Crippen molar-refractivity contribution in [1.29, 1.82) is 0 Å². The first-order chi connectivity index (χ1) is 10.7. The third kappa shape index (κ3) is 3.50. The molecule has 1 fully saturated rings. The number of benzene rings is 1. The minimum atomic E-state index is 0.411. The maximum absolute atomic E-state index is 4.64. The Kier molecular flexibility index (Phi) is 4.47. The summed E-state index contributed by atoms with van der Waals surface area (Å²) in [7, 11) is 0. The van der Waals surface area contributed by atoms with Gasteiger partial charge in [-0.3, -0.25) is 0 Å². The molecule has 0 radical (unpaired) electrons. The maximum atomic E-state index is 4.64. The van der Waals surface area contributed by atoms with Gasteiger partial charge in [0.05, 0.1) is 0 Å². The Labute approximate surface area is 131 Å². The van der Waals surface area contributed by atoms with Gasteiger partial charge in [0.1, 0.15) is 0 Å². The van der Waals surface area contributed by atoms with Crippen molar-refractivity contribution in [2.24, 2.45) is 5.10 Å². The molecule has 0 spiro atoms. The minimum absolute atomic E-state index is 0.411. The fraction of sp³-hybridized carbons (Fsp3) is 0.389. The van der Waals surface area contributed by atoms with E-state index in [4.69, 9.17) is 0 Å². The summed E-state index contributed by atoms with van der Waals surface area (Å²) in [5.74, 6) is 0.996. The lowest BCUT2D eigenvalue weighted by atomic mass is 9.82. The second-order valence-corrected chi connectivity index (χ2v) is 5.90. The van der Waals surface area contributed by atoms with E-state index in [1.165, 1.54) is 24.1 Å². The summed E-state index contributed by atoms with van der Waals surface area (Å²) in [6, 6.07) is 12.6. The summed E-state index contributed by atoms with van der Waals surface area (Å²) < 4.78 is 0. The van der Waals surface area contributed by atoms with Crippen LogP contribution in [0.25, 0.3) is 0 Å². The van der Waals surface area contributed by atoms with Gasteiger partial charge < -0.3 is 0 Å². The Morgan fingerprint density at radius 3 is 2.50 bits per heavy atom. The second kappa shape index (κ2) is 6.69. The summed E-state index contributed by atoms with van der Waals surface area (Å²) >= 11 is 0. The maximum Gasteiger partial charge on any atom is 0.243 e. The molecular formula is C18H22N4. The monoisotopic (exact) mass is 294 g/mol. The molecule has 1 atom stereocenters. The van der Waals surface area contributed by atoms with Gasteiger partial charge >= 0.3 is 0 Å². The van der Waals surface area contributed by atoms with E-state index in [-0.39, 0.29) is 0 Å². The Balaban J connectivity index is 1.81. The quantitative estimate of drug-likeness (QED) is 0.862. The number of anilines is 1. The van der Waals surface area contributed by atoms with Gasteiger partial charge in [-0.2, -0.15) is 5.10 Å². The average Bonchev–Trinajstić information content (AvgIpc) is 2.53. The van der Waals surface area contributed by atoms with Crippen molar-refractivity contribution in [3.63, 3.8) is 0 Å². The van der Waals surface area contributed by atoms with Gasteiger partial charge in [0.15, 0.2) is 0 Å². The topological polar surface area (TPSA) is 50.2 Å². The first kappa shape index (κ1) is 14.7. The van der Waals surface area contributed by atoms with Crippen molar-refractivity contribution < 1.29 is 0 Å². The summed E-state index contributed by atoms with van der Waals surface area (Å²) in [4.78, 5) is 8.77. The molecule has 1 heterocycles. The van der Waals surface area contributed by atoms with E-state index in [0.717, 1.165) is 24.2 Å². The normalized spacial score (nSPS) is 20.1. The standard InChI is InChI=1S/C18H22N4/c1-13-12-14(2)20-18(19-13)22-21-17-11-7-6-10-16(17)15-8-4-3-5-9-15/h3-5,8-9,12,16H,6-7,10-11H2,1-2H3,(H,19,20,22)/t16-/m1/s1. The Hall–Kier alpha value is -2.23. The summed E-state index contributed by atoms with van der Waals surface area (Å²) in [5.41, 5.74) is 7.53. The Morgan fingerprint density at radius 2 is 1.77 bits per heavy atom. The first-order valence-electron chi connectivity index (χ1n) is 7.92. The van der Waals surface area contributed by atoms with Gasteiger partial charge in [-0.05, 0) is 44.7 Å². The number of aryl methyl sites for hydroxylation is 2. The number of hydrogen-bond acceptors (Lipinski definition) is 4. The zero-order chi connectivity index (χ0) is 15.4. The molecule has 3 rings (SSSR count). The highest BCUT2D eigenvalue weighted by Crippen LogP contribution is 2.30. The fourth-order valence-electron chi connectivity index (χ4n) is 3.07. The Morgan fingerprint density at radius 1 is 1.05 bits per heavy atom. The predicted octanol–water partition coefficient (Wildman–Crippen LogP) is 4.22. The molecule has 1 N–H and O–H groups in total. The number of rotatable bonds is 3. The van der Waals surface area contributed by atoms with E-state index in [9.17, 15) is 0 Å². The predicted molar refractivity (Wildman–Crippen MR) is 90.2 cm³/mol. The highest BCUT2D eigenvalue weighted by molar-refractivity contribution is 5.92. The highest BCUT2D eigenvalue weighted by Gasteiger charge is 2.22. The number of hydrogen-bond donors (Lipinski definition) is 1. The van der Waals surface area contributed by atoms with Crippen LogP contribution in [-0.2, 0) is 0 Å². The lowest BCUT2D eigenvalue weighted by Crippen LogP contribution is -2.19. The molecule has 0 unspecified atom stereocenters. The molecule has 0 amide bonds. The highest BCUT2D eigenvalue weighted by atomic mass is 15.4. The third-order valence-electron chi connectivity index (χ3n) is 4.06. The van der Waals surface area contributed by atoms with Gasteiger partial charge in [-0.25, -0.2) is 15.4 Å². The van der Waals surface area contributed by atoms with Gasteiger partial charge in [0.25, 0.3) is 0 Å². The van der Waals surface area contributed by atoms with E-state index >= 15 is 0 Å². The number of nitrogens with one attached hydrogen (secondary N) is 1. The van der Waals surface area contributed by atoms with Crippen LogP contribution in [-0.4, -0.2) is 15.7 Å². The van der Waals surface area contributed by atoms with Crippen LogP contribution in [0.5, 0.6) is 0 Å². The molecule has 22 heavy (non-hydrogen) atoms. The summed E-state index contributed by atoms with van der Waals surface area (Å²) in [5, 5.41) is 4.64. The fourth-order valence-corrected chi connectivity index (χ4v) is 3.07. The van der Waals surface area contributed by atoms with Crippen molar-refractivity contribution in [2.75, 3.05) is 5.43 Å². The van der Waals surface area contributed by atoms with Crippen LogP contribution in [0.3, 0.4) is 0 Å². The molecule has 2 aromatic rings. The van der Waals surface area contributed by atoms with E-state index in [0.29, 0.717) is 11.9 Å². The molecule has 1 aromatic heterocycles.